The van der Waals surface area contributed by atoms with Crippen LogP contribution in [-0.4, -0.2) is 64.0 Å². The summed E-state index contributed by atoms with van der Waals surface area (Å²) in [6.45, 7) is 9.70. The fourth-order valence-corrected chi connectivity index (χ4v) is 4.89. The summed E-state index contributed by atoms with van der Waals surface area (Å²) >= 11 is 0. The molecule has 2 aromatic heterocycles. The predicted molar refractivity (Wildman–Crippen MR) is 117 cm³/mol. The fraction of sp³-hybridized carbons (Fsp3) is 0.522. The maximum absolute atomic E-state index is 14.9. The summed E-state index contributed by atoms with van der Waals surface area (Å²) in [7, 11) is 1.99. The van der Waals surface area contributed by atoms with E-state index in [0.29, 0.717) is 12.5 Å². The lowest BCUT2D eigenvalue weighted by Crippen LogP contribution is -2.45. The minimum Gasteiger partial charge on any atom is -0.356 e. The normalized spacial score (nSPS) is 23.2. The Bertz CT molecular complexity index is 1090. The van der Waals surface area contributed by atoms with Crippen molar-refractivity contribution in [1.29, 1.82) is 0 Å². The van der Waals surface area contributed by atoms with Gasteiger partial charge in [-0.3, -0.25) is 0 Å². The Morgan fingerprint density at radius 3 is 2.53 bits per heavy atom. The van der Waals surface area contributed by atoms with E-state index in [0.717, 1.165) is 65.5 Å². The molecule has 2 unspecified atom stereocenters. The lowest BCUT2D eigenvalue weighted by molar-refractivity contribution is 0.139. The average Bonchev–Trinajstić information content (AvgIpc) is 3.07. The summed E-state index contributed by atoms with van der Waals surface area (Å²) in [5.74, 6) is 3.08. The molecule has 30 heavy (non-hydrogen) atoms. The lowest BCUT2D eigenvalue weighted by Gasteiger charge is -2.38. The first kappa shape index (κ1) is 19.4. The van der Waals surface area contributed by atoms with Crippen LogP contribution < -0.4 is 4.90 Å². The van der Waals surface area contributed by atoms with Crippen LogP contribution in [0.2, 0.25) is 0 Å². The van der Waals surface area contributed by atoms with Gasteiger partial charge in [0.2, 0.25) is 0 Å². The summed E-state index contributed by atoms with van der Waals surface area (Å²) in [5.41, 5.74) is 3.20. The second-order valence-electron chi connectivity index (χ2n) is 9.14. The lowest BCUT2D eigenvalue weighted by atomic mass is 9.85. The Labute approximate surface area is 176 Å². The molecule has 158 valence electrons. The molecule has 2 saturated heterocycles. The Balaban J connectivity index is 1.56. The fourth-order valence-electron chi connectivity index (χ4n) is 4.89. The number of fused-ring (bicyclic) bond motifs is 1. The maximum Gasteiger partial charge on any atom is 0.159 e. The number of nitrogens with zero attached hydrogens (tertiary/aromatic N) is 6. The molecule has 0 radical (unpaired) electrons. The van der Waals surface area contributed by atoms with Crippen molar-refractivity contribution in [3.63, 3.8) is 0 Å². The Hall–Kier alpha value is -2.54. The standard InChI is InChI=1S/C23H29FN6/c1-14-11-29(12-14)22-9-23(27-16(3)26-22)30-21-8-19(15(2)7-17(21)10-25-30)18-5-6-28(4)13-20(18)24/h7-10,14,18,20H,5-6,11-13H2,1-4H3. The zero-order chi connectivity index (χ0) is 21.0. The second-order valence-corrected chi connectivity index (χ2v) is 9.14. The van der Waals surface area contributed by atoms with E-state index in [1.54, 1.807) is 0 Å². The van der Waals surface area contributed by atoms with Gasteiger partial charge in [-0.2, -0.15) is 5.10 Å². The molecule has 0 aliphatic carbocycles. The van der Waals surface area contributed by atoms with Crippen molar-refractivity contribution in [2.45, 2.75) is 39.3 Å². The SMILES string of the molecule is Cc1nc(N2CC(C)C2)cc(-n2ncc3cc(C)c(C4CCN(C)CC4F)cc32)n1. The van der Waals surface area contributed by atoms with Crippen molar-refractivity contribution in [2.75, 3.05) is 38.1 Å². The van der Waals surface area contributed by atoms with Crippen molar-refractivity contribution in [2.24, 2.45) is 5.92 Å². The number of aryl methyl sites for hydroxylation is 2. The van der Waals surface area contributed by atoms with Gasteiger partial charge in [0.05, 0.1) is 11.7 Å². The third kappa shape index (κ3) is 3.35. The maximum atomic E-state index is 14.9. The highest BCUT2D eigenvalue weighted by atomic mass is 19.1. The van der Waals surface area contributed by atoms with Gasteiger partial charge < -0.3 is 9.80 Å². The number of rotatable bonds is 3. The van der Waals surface area contributed by atoms with Gasteiger partial charge in [0.15, 0.2) is 5.82 Å². The molecule has 5 rings (SSSR count). The number of likely N-dealkylation sites (tertiary alicyclic amines) is 1. The molecular formula is C23H29FN6. The number of halogens is 1. The molecule has 0 bridgehead atoms. The molecular weight excluding hydrogens is 379 g/mol. The first-order valence-electron chi connectivity index (χ1n) is 10.8. The van der Waals surface area contributed by atoms with Crippen LogP contribution in [0.5, 0.6) is 0 Å². The van der Waals surface area contributed by atoms with Crippen LogP contribution in [-0.2, 0) is 0 Å². The average molecular weight is 409 g/mol. The summed E-state index contributed by atoms with van der Waals surface area (Å²) in [4.78, 5) is 13.6. The highest BCUT2D eigenvalue weighted by molar-refractivity contribution is 5.82. The Morgan fingerprint density at radius 1 is 1.03 bits per heavy atom. The third-order valence-corrected chi connectivity index (χ3v) is 6.52. The first-order valence-corrected chi connectivity index (χ1v) is 10.8. The highest BCUT2D eigenvalue weighted by Crippen LogP contribution is 2.35. The highest BCUT2D eigenvalue weighted by Gasteiger charge is 2.30. The summed E-state index contributed by atoms with van der Waals surface area (Å²) in [6, 6.07) is 6.27. The zero-order valence-electron chi connectivity index (χ0n) is 18.1. The van der Waals surface area contributed by atoms with E-state index in [-0.39, 0.29) is 5.92 Å². The minimum atomic E-state index is -0.849. The van der Waals surface area contributed by atoms with Crippen LogP contribution in [0.3, 0.4) is 0 Å². The van der Waals surface area contributed by atoms with Crippen molar-refractivity contribution >= 4 is 16.7 Å². The number of benzene rings is 1. The van der Waals surface area contributed by atoms with E-state index < -0.39 is 6.17 Å². The molecule has 4 heterocycles. The van der Waals surface area contributed by atoms with Gasteiger partial charge in [0.1, 0.15) is 17.8 Å². The van der Waals surface area contributed by atoms with Gasteiger partial charge in [-0.05, 0) is 63.0 Å². The molecule has 0 saturated carbocycles. The van der Waals surface area contributed by atoms with Crippen LogP contribution in [0.4, 0.5) is 10.2 Å². The van der Waals surface area contributed by atoms with E-state index in [1.807, 2.05) is 30.9 Å². The van der Waals surface area contributed by atoms with E-state index in [9.17, 15) is 4.39 Å². The molecule has 0 amide bonds. The van der Waals surface area contributed by atoms with Crippen LogP contribution in [0.15, 0.2) is 24.4 Å². The third-order valence-electron chi connectivity index (χ3n) is 6.52. The van der Waals surface area contributed by atoms with E-state index >= 15 is 0 Å². The monoisotopic (exact) mass is 408 g/mol. The molecule has 2 fully saturated rings. The predicted octanol–water partition coefficient (Wildman–Crippen LogP) is 3.65. The molecule has 1 aromatic carbocycles. The number of hydrogen-bond acceptors (Lipinski definition) is 5. The molecule has 0 N–H and O–H groups in total. The number of aromatic nitrogens is 4. The molecule has 7 heteroatoms. The van der Waals surface area contributed by atoms with E-state index in [4.69, 9.17) is 0 Å². The van der Waals surface area contributed by atoms with Crippen LogP contribution in [0.25, 0.3) is 16.7 Å². The topological polar surface area (TPSA) is 50.1 Å². The van der Waals surface area contributed by atoms with Crippen LogP contribution in [0.1, 0.15) is 36.2 Å². The van der Waals surface area contributed by atoms with Crippen LogP contribution >= 0.6 is 0 Å². The van der Waals surface area contributed by atoms with E-state index in [1.165, 1.54) is 0 Å². The van der Waals surface area contributed by atoms with Gasteiger partial charge >= 0.3 is 0 Å². The summed E-state index contributed by atoms with van der Waals surface area (Å²) < 4.78 is 16.8. The largest absolute Gasteiger partial charge is 0.356 e. The van der Waals surface area contributed by atoms with Gasteiger partial charge in [-0.1, -0.05) is 6.92 Å². The molecule has 3 aromatic rings. The van der Waals surface area contributed by atoms with Crippen molar-refractivity contribution < 1.29 is 4.39 Å². The second kappa shape index (κ2) is 7.30. The van der Waals surface area contributed by atoms with Gasteiger partial charge in [0, 0.05) is 37.0 Å². The van der Waals surface area contributed by atoms with E-state index in [2.05, 4.69) is 50.8 Å². The molecule has 2 aliphatic heterocycles. The number of anilines is 1. The minimum absolute atomic E-state index is 0.0702. The number of hydrogen-bond donors (Lipinski definition) is 0. The van der Waals surface area contributed by atoms with Gasteiger partial charge in [-0.15, -0.1) is 0 Å². The van der Waals surface area contributed by atoms with Gasteiger partial charge in [0.25, 0.3) is 0 Å². The Morgan fingerprint density at radius 2 is 1.80 bits per heavy atom. The number of alkyl halides is 1. The van der Waals surface area contributed by atoms with Crippen molar-refractivity contribution in [1.82, 2.24) is 24.6 Å². The van der Waals surface area contributed by atoms with Crippen molar-refractivity contribution in [3.8, 4) is 5.82 Å². The Kier molecular flexibility index (Phi) is 4.73. The first-order chi connectivity index (χ1) is 14.4. The summed E-state index contributed by atoms with van der Waals surface area (Å²) in [6.07, 6.45) is 1.86. The quantitative estimate of drug-likeness (QED) is 0.662. The smallest absolute Gasteiger partial charge is 0.159 e. The zero-order valence-corrected chi connectivity index (χ0v) is 18.1. The molecule has 2 aliphatic rings. The number of piperidine rings is 1. The summed E-state index contributed by atoms with van der Waals surface area (Å²) in [5, 5.41) is 5.68. The van der Waals surface area contributed by atoms with Gasteiger partial charge in [-0.25, -0.2) is 19.0 Å². The van der Waals surface area contributed by atoms with Crippen molar-refractivity contribution in [3.05, 3.63) is 41.3 Å². The molecule has 0 spiro atoms. The van der Waals surface area contributed by atoms with Crippen LogP contribution in [0, 0.1) is 19.8 Å². The molecule has 2 atom stereocenters. The molecule has 6 nitrogen and oxygen atoms in total.